The second-order valence-electron chi connectivity index (χ2n) is 6.11. The number of anilines is 1. The maximum absolute atomic E-state index is 5.48. The van der Waals surface area contributed by atoms with Crippen LogP contribution in [0.1, 0.15) is 5.82 Å². The van der Waals surface area contributed by atoms with E-state index in [0.717, 1.165) is 24.4 Å². The summed E-state index contributed by atoms with van der Waals surface area (Å²) in [5.74, 6) is 2.17. The van der Waals surface area contributed by atoms with Gasteiger partial charge in [-0.15, -0.1) is 0 Å². The minimum atomic E-state index is 0.374. The summed E-state index contributed by atoms with van der Waals surface area (Å²) in [4.78, 5) is 20.5. The SMILES string of the molecule is Cc1noc(-c2ccc3nc(-n4cccn4)nc(N4CCOCC4)c3n2)n1. The Morgan fingerprint density at radius 2 is 1.93 bits per heavy atom. The van der Waals surface area contributed by atoms with Gasteiger partial charge in [0.05, 0.1) is 18.7 Å². The highest BCUT2D eigenvalue weighted by Crippen LogP contribution is 2.27. The molecule has 0 atom stereocenters. The summed E-state index contributed by atoms with van der Waals surface area (Å²) in [5.41, 5.74) is 1.99. The molecule has 10 heteroatoms. The molecule has 0 aliphatic carbocycles. The molecule has 1 saturated heterocycles. The Morgan fingerprint density at radius 3 is 2.67 bits per heavy atom. The van der Waals surface area contributed by atoms with Crippen molar-refractivity contribution in [1.82, 2.24) is 34.9 Å². The van der Waals surface area contributed by atoms with E-state index < -0.39 is 0 Å². The van der Waals surface area contributed by atoms with Crippen molar-refractivity contribution in [2.45, 2.75) is 6.92 Å². The van der Waals surface area contributed by atoms with Gasteiger partial charge in [0.1, 0.15) is 11.2 Å². The predicted molar refractivity (Wildman–Crippen MR) is 95.5 cm³/mol. The van der Waals surface area contributed by atoms with E-state index in [1.807, 2.05) is 24.4 Å². The van der Waals surface area contributed by atoms with Crippen molar-refractivity contribution in [2.75, 3.05) is 31.2 Å². The number of hydrogen-bond acceptors (Lipinski definition) is 9. The van der Waals surface area contributed by atoms with Gasteiger partial charge >= 0.3 is 0 Å². The molecule has 0 amide bonds. The van der Waals surface area contributed by atoms with Crippen LogP contribution in [0.4, 0.5) is 5.82 Å². The van der Waals surface area contributed by atoms with Gasteiger partial charge in [0.2, 0.25) is 0 Å². The molecule has 1 fully saturated rings. The number of nitrogens with zero attached hydrogens (tertiary/aromatic N) is 8. The van der Waals surface area contributed by atoms with Crippen molar-refractivity contribution in [3.8, 4) is 17.5 Å². The van der Waals surface area contributed by atoms with Gasteiger partial charge in [0, 0.05) is 25.5 Å². The lowest BCUT2D eigenvalue weighted by Crippen LogP contribution is -2.37. The van der Waals surface area contributed by atoms with Gasteiger partial charge in [-0.1, -0.05) is 5.16 Å². The number of aryl methyl sites for hydroxylation is 1. The van der Waals surface area contributed by atoms with Crippen LogP contribution in [0.15, 0.2) is 35.1 Å². The van der Waals surface area contributed by atoms with E-state index in [4.69, 9.17) is 19.2 Å². The molecule has 0 spiro atoms. The van der Waals surface area contributed by atoms with Crippen molar-refractivity contribution in [3.05, 3.63) is 36.4 Å². The number of hydrogen-bond donors (Lipinski definition) is 0. The van der Waals surface area contributed by atoms with Gasteiger partial charge in [-0.2, -0.15) is 15.1 Å². The minimum Gasteiger partial charge on any atom is -0.378 e. The maximum atomic E-state index is 5.48. The van der Waals surface area contributed by atoms with Crippen LogP contribution >= 0.6 is 0 Å². The average molecular weight is 364 g/mol. The van der Waals surface area contributed by atoms with Gasteiger partial charge in [-0.3, -0.25) is 0 Å². The number of morpholine rings is 1. The molecule has 4 aromatic rings. The number of ether oxygens (including phenoxy) is 1. The van der Waals surface area contributed by atoms with Crippen molar-refractivity contribution < 1.29 is 9.26 Å². The number of fused-ring (bicyclic) bond motifs is 1. The van der Waals surface area contributed by atoms with Crippen LogP contribution in [0.25, 0.3) is 28.6 Å². The fraction of sp³-hybridized carbons (Fsp3) is 0.294. The van der Waals surface area contributed by atoms with Crippen LogP contribution < -0.4 is 4.90 Å². The van der Waals surface area contributed by atoms with Gasteiger partial charge in [-0.05, 0) is 25.1 Å². The molecule has 10 nitrogen and oxygen atoms in total. The zero-order valence-corrected chi connectivity index (χ0v) is 14.6. The Hall–Kier alpha value is -3.40. The van der Waals surface area contributed by atoms with Crippen molar-refractivity contribution in [1.29, 1.82) is 0 Å². The monoisotopic (exact) mass is 364 g/mol. The zero-order valence-electron chi connectivity index (χ0n) is 14.6. The van der Waals surface area contributed by atoms with Crippen LogP contribution in [-0.4, -0.2) is 61.2 Å². The largest absolute Gasteiger partial charge is 0.378 e. The summed E-state index contributed by atoms with van der Waals surface area (Å²) in [6.07, 6.45) is 3.51. The highest BCUT2D eigenvalue weighted by molar-refractivity contribution is 5.87. The highest BCUT2D eigenvalue weighted by atomic mass is 16.5. The van der Waals surface area contributed by atoms with E-state index in [1.54, 1.807) is 17.8 Å². The molecule has 5 rings (SSSR count). The lowest BCUT2D eigenvalue weighted by molar-refractivity contribution is 0.122. The summed E-state index contributed by atoms with van der Waals surface area (Å²) in [7, 11) is 0. The summed E-state index contributed by atoms with van der Waals surface area (Å²) in [6.45, 7) is 4.52. The van der Waals surface area contributed by atoms with E-state index in [9.17, 15) is 0 Å². The second kappa shape index (κ2) is 6.40. The molecule has 136 valence electrons. The molecule has 5 heterocycles. The summed E-state index contributed by atoms with van der Waals surface area (Å²) in [5, 5.41) is 8.08. The Labute approximate surface area is 153 Å². The normalized spacial score (nSPS) is 14.8. The minimum absolute atomic E-state index is 0.374. The molecule has 0 N–H and O–H groups in total. The van der Waals surface area contributed by atoms with Crippen LogP contribution in [0.2, 0.25) is 0 Å². The van der Waals surface area contributed by atoms with E-state index in [1.165, 1.54) is 0 Å². The molecule has 0 aromatic carbocycles. The van der Waals surface area contributed by atoms with Crippen LogP contribution in [0, 0.1) is 6.92 Å². The van der Waals surface area contributed by atoms with Gasteiger partial charge in [-0.25, -0.2) is 14.6 Å². The lowest BCUT2D eigenvalue weighted by Gasteiger charge is -2.28. The van der Waals surface area contributed by atoms with Crippen LogP contribution in [-0.2, 0) is 4.74 Å². The fourth-order valence-corrected chi connectivity index (χ4v) is 2.99. The molecule has 0 radical (unpaired) electrons. The third-order valence-electron chi connectivity index (χ3n) is 4.28. The molecule has 0 unspecified atom stereocenters. The number of pyridine rings is 1. The summed E-state index contributed by atoms with van der Waals surface area (Å²) < 4.78 is 12.4. The van der Waals surface area contributed by atoms with E-state index >= 15 is 0 Å². The zero-order chi connectivity index (χ0) is 18.2. The molecule has 27 heavy (non-hydrogen) atoms. The highest BCUT2D eigenvalue weighted by Gasteiger charge is 2.20. The van der Waals surface area contributed by atoms with Gasteiger partial charge in [0.25, 0.3) is 11.8 Å². The predicted octanol–water partition coefficient (Wildman–Crippen LogP) is 1.41. The first-order valence-electron chi connectivity index (χ1n) is 8.60. The topological polar surface area (TPSA) is 108 Å². The number of aromatic nitrogens is 7. The third kappa shape index (κ3) is 2.89. The van der Waals surface area contributed by atoms with E-state index in [2.05, 4.69) is 25.1 Å². The molecule has 1 aliphatic rings. The standard InChI is InChI=1S/C17H16N8O2/c1-11-19-16(27-23-11)13-4-3-12-14(20-13)15(24-7-9-26-10-8-24)22-17(21-12)25-6-2-5-18-25/h2-6H,7-10H2,1H3. The van der Waals surface area contributed by atoms with Crippen molar-refractivity contribution >= 4 is 16.9 Å². The molecule has 1 aliphatic heterocycles. The van der Waals surface area contributed by atoms with Gasteiger partial charge < -0.3 is 14.2 Å². The summed E-state index contributed by atoms with van der Waals surface area (Å²) >= 11 is 0. The van der Waals surface area contributed by atoms with Crippen molar-refractivity contribution in [2.24, 2.45) is 0 Å². The lowest BCUT2D eigenvalue weighted by atomic mass is 10.2. The first-order chi connectivity index (χ1) is 13.3. The van der Waals surface area contributed by atoms with Crippen LogP contribution in [0.3, 0.4) is 0 Å². The van der Waals surface area contributed by atoms with E-state index in [0.29, 0.717) is 42.1 Å². The molecular weight excluding hydrogens is 348 g/mol. The Bertz CT molecular complexity index is 1090. The Balaban J connectivity index is 1.69. The molecule has 0 saturated carbocycles. The maximum Gasteiger partial charge on any atom is 0.276 e. The Kier molecular flexibility index (Phi) is 3.75. The Morgan fingerprint density at radius 1 is 1.04 bits per heavy atom. The van der Waals surface area contributed by atoms with Gasteiger partial charge in [0.15, 0.2) is 11.6 Å². The van der Waals surface area contributed by atoms with Crippen LogP contribution in [0.5, 0.6) is 0 Å². The third-order valence-corrected chi connectivity index (χ3v) is 4.28. The van der Waals surface area contributed by atoms with Crippen molar-refractivity contribution in [3.63, 3.8) is 0 Å². The smallest absolute Gasteiger partial charge is 0.276 e. The second-order valence-corrected chi connectivity index (χ2v) is 6.11. The molecule has 4 aromatic heterocycles. The quantitative estimate of drug-likeness (QED) is 0.533. The van der Waals surface area contributed by atoms with E-state index in [-0.39, 0.29) is 0 Å². The average Bonchev–Trinajstić information content (AvgIpc) is 3.39. The first kappa shape index (κ1) is 15.8. The molecule has 0 bridgehead atoms. The first-order valence-corrected chi connectivity index (χ1v) is 8.60. The number of rotatable bonds is 3. The molecular formula is C17H16N8O2. The summed E-state index contributed by atoms with van der Waals surface area (Å²) in [6, 6.07) is 5.54. The fourth-order valence-electron chi connectivity index (χ4n) is 2.99.